The van der Waals surface area contributed by atoms with E-state index in [1.165, 1.54) is 5.56 Å². The number of fused-ring (bicyclic) bond motifs is 1. The van der Waals surface area contributed by atoms with E-state index in [-0.39, 0.29) is 0 Å². The molecule has 0 bridgehead atoms. The van der Waals surface area contributed by atoms with Crippen molar-refractivity contribution in [1.82, 2.24) is 9.55 Å². The van der Waals surface area contributed by atoms with E-state index in [4.69, 9.17) is 11.6 Å². The number of aliphatic hydroxyl groups is 1. The molecule has 1 aromatic carbocycles. The first-order valence-electron chi connectivity index (χ1n) is 6.18. The molecule has 18 heavy (non-hydrogen) atoms. The van der Waals surface area contributed by atoms with Gasteiger partial charge in [-0.15, -0.1) is 0 Å². The normalized spacial score (nSPS) is 18.7. The summed E-state index contributed by atoms with van der Waals surface area (Å²) >= 11 is 6.17. The molecule has 1 N–H and O–H groups in total. The zero-order chi connectivity index (χ0) is 12.7. The highest BCUT2D eigenvalue weighted by Gasteiger charge is 2.25. The Kier molecular flexibility index (Phi) is 2.88. The van der Waals surface area contributed by atoms with Crippen molar-refractivity contribution < 1.29 is 5.11 Å². The van der Waals surface area contributed by atoms with Crippen molar-refractivity contribution in [3.05, 3.63) is 40.7 Å². The molecule has 0 saturated heterocycles. The second kappa shape index (κ2) is 4.41. The third kappa shape index (κ3) is 1.84. The van der Waals surface area contributed by atoms with Gasteiger partial charge in [-0.2, -0.15) is 0 Å². The Morgan fingerprint density at radius 1 is 1.44 bits per heavy atom. The number of aryl methyl sites for hydroxylation is 1. The van der Waals surface area contributed by atoms with E-state index in [1.807, 2.05) is 29.7 Å². The highest BCUT2D eigenvalue weighted by atomic mass is 35.5. The van der Waals surface area contributed by atoms with E-state index >= 15 is 0 Å². The highest BCUT2D eigenvalue weighted by molar-refractivity contribution is 6.30. The third-order valence-corrected chi connectivity index (χ3v) is 3.71. The molecular weight excluding hydrogens is 248 g/mol. The summed E-state index contributed by atoms with van der Waals surface area (Å²) in [6, 6.07) is 8.10. The summed E-state index contributed by atoms with van der Waals surface area (Å²) in [5, 5.41) is 10.7. The molecule has 1 aliphatic heterocycles. The Balaban J connectivity index is 2.18. The monoisotopic (exact) mass is 262 g/mol. The predicted octanol–water partition coefficient (Wildman–Crippen LogP) is 3.34. The average molecular weight is 263 g/mol. The van der Waals surface area contributed by atoms with E-state index < -0.39 is 6.23 Å². The molecule has 4 heteroatoms. The first-order valence-corrected chi connectivity index (χ1v) is 6.56. The van der Waals surface area contributed by atoms with Gasteiger partial charge in [0.2, 0.25) is 0 Å². The molecule has 0 aliphatic carbocycles. The molecular formula is C14H15ClN2O. The van der Waals surface area contributed by atoms with Gasteiger partial charge in [0.05, 0.1) is 5.69 Å². The number of aromatic nitrogens is 2. The van der Waals surface area contributed by atoms with Crippen molar-refractivity contribution in [2.45, 2.75) is 32.4 Å². The van der Waals surface area contributed by atoms with Crippen LogP contribution in [0.1, 0.15) is 30.3 Å². The maximum absolute atomic E-state index is 10.2. The van der Waals surface area contributed by atoms with Crippen molar-refractivity contribution in [3.63, 3.8) is 0 Å². The number of rotatable bonds is 1. The van der Waals surface area contributed by atoms with Crippen LogP contribution in [0.15, 0.2) is 24.3 Å². The molecule has 1 atom stereocenters. The molecule has 0 amide bonds. The summed E-state index contributed by atoms with van der Waals surface area (Å²) in [6.45, 7) is 2.04. The lowest BCUT2D eigenvalue weighted by molar-refractivity contribution is 0.0807. The van der Waals surface area contributed by atoms with Crippen LogP contribution in [-0.2, 0) is 6.42 Å². The molecule has 1 aromatic heterocycles. The van der Waals surface area contributed by atoms with Crippen LogP contribution in [-0.4, -0.2) is 14.7 Å². The number of hydrogen-bond acceptors (Lipinski definition) is 2. The molecule has 1 aliphatic rings. The van der Waals surface area contributed by atoms with Gasteiger partial charge in [-0.3, -0.25) is 0 Å². The molecule has 3 nitrogen and oxygen atoms in total. The number of hydrogen-bond donors (Lipinski definition) is 1. The minimum Gasteiger partial charge on any atom is -0.373 e. The largest absolute Gasteiger partial charge is 0.373 e. The van der Waals surface area contributed by atoms with Crippen LogP contribution in [0.3, 0.4) is 0 Å². The molecule has 0 saturated carbocycles. The maximum Gasteiger partial charge on any atom is 0.151 e. The molecule has 0 radical (unpaired) electrons. The fourth-order valence-corrected chi connectivity index (χ4v) is 2.82. The van der Waals surface area contributed by atoms with Crippen LogP contribution in [0, 0.1) is 6.92 Å². The lowest BCUT2D eigenvalue weighted by atomic mass is 10.1. The van der Waals surface area contributed by atoms with Gasteiger partial charge in [-0.05, 0) is 32.3 Å². The van der Waals surface area contributed by atoms with Crippen LogP contribution in [0.4, 0.5) is 0 Å². The fraction of sp³-hybridized carbons (Fsp3) is 0.357. The fourth-order valence-electron chi connectivity index (χ4n) is 2.55. The van der Waals surface area contributed by atoms with Gasteiger partial charge in [-0.1, -0.05) is 35.4 Å². The zero-order valence-electron chi connectivity index (χ0n) is 10.2. The molecule has 94 valence electrons. The molecule has 0 fully saturated rings. The molecule has 2 aromatic rings. The standard InChI is InChI=1S/C14H15ClN2O/c1-9-4-2-5-10(8-9)14-16-13(15)11-6-3-7-12(18)17(11)14/h2,4-5,8,12,18H,3,6-7H2,1H3. The maximum atomic E-state index is 10.2. The summed E-state index contributed by atoms with van der Waals surface area (Å²) in [5.74, 6) is 0.769. The van der Waals surface area contributed by atoms with Crippen molar-refractivity contribution in [3.8, 4) is 11.4 Å². The summed E-state index contributed by atoms with van der Waals surface area (Å²) in [4.78, 5) is 4.42. The second-order valence-electron chi connectivity index (χ2n) is 4.79. The Hall–Kier alpha value is -1.32. The Labute approximate surface area is 111 Å². The summed E-state index contributed by atoms with van der Waals surface area (Å²) < 4.78 is 1.88. The van der Waals surface area contributed by atoms with Gasteiger partial charge in [0.15, 0.2) is 5.15 Å². The average Bonchev–Trinajstić information content (AvgIpc) is 2.69. The van der Waals surface area contributed by atoms with Gasteiger partial charge in [0.1, 0.15) is 12.1 Å². The summed E-state index contributed by atoms with van der Waals surface area (Å²) in [6.07, 6.45) is 2.09. The van der Waals surface area contributed by atoms with Crippen LogP contribution in [0.2, 0.25) is 5.15 Å². The third-order valence-electron chi connectivity index (χ3n) is 3.41. The number of aliphatic hydroxyl groups excluding tert-OH is 1. The Morgan fingerprint density at radius 2 is 2.28 bits per heavy atom. The Bertz CT molecular complexity index is 591. The van der Waals surface area contributed by atoms with E-state index in [1.54, 1.807) is 0 Å². The lowest BCUT2D eigenvalue weighted by Crippen LogP contribution is -2.17. The van der Waals surface area contributed by atoms with Gasteiger partial charge in [-0.25, -0.2) is 4.98 Å². The summed E-state index contributed by atoms with van der Waals surface area (Å²) in [5.41, 5.74) is 3.13. The predicted molar refractivity (Wildman–Crippen MR) is 71.6 cm³/mol. The quantitative estimate of drug-likeness (QED) is 0.856. The number of benzene rings is 1. The topological polar surface area (TPSA) is 38.0 Å². The van der Waals surface area contributed by atoms with E-state index in [2.05, 4.69) is 11.1 Å². The van der Waals surface area contributed by atoms with Crippen molar-refractivity contribution >= 4 is 11.6 Å². The van der Waals surface area contributed by atoms with E-state index in [9.17, 15) is 5.11 Å². The van der Waals surface area contributed by atoms with Crippen molar-refractivity contribution in [1.29, 1.82) is 0 Å². The van der Waals surface area contributed by atoms with Crippen LogP contribution in [0.5, 0.6) is 0 Å². The molecule has 2 heterocycles. The smallest absolute Gasteiger partial charge is 0.151 e. The van der Waals surface area contributed by atoms with E-state index in [0.717, 1.165) is 36.3 Å². The lowest BCUT2D eigenvalue weighted by Gasteiger charge is -2.23. The van der Waals surface area contributed by atoms with Gasteiger partial charge < -0.3 is 9.67 Å². The second-order valence-corrected chi connectivity index (χ2v) is 5.14. The van der Waals surface area contributed by atoms with Gasteiger partial charge >= 0.3 is 0 Å². The number of nitrogens with zero attached hydrogens (tertiary/aromatic N) is 2. The first kappa shape index (κ1) is 11.8. The molecule has 3 rings (SSSR count). The molecule has 0 spiro atoms. The zero-order valence-corrected chi connectivity index (χ0v) is 11.0. The SMILES string of the molecule is Cc1cccc(-c2nc(Cl)c3n2C(O)CCC3)c1. The van der Waals surface area contributed by atoms with Crippen molar-refractivity contribution in [2.75, 3.05) is 0 Å². The Morgan fingerprint density at radius 3 is 3.06 bits per heavy atom. The van der Waals surface area contributed by atoms with Crippen LogP contribution >= 0.6 is 11.6 Å². The van der Waals surface area contributed by atoms with Gasteiger partial charge in [0, 0.05) is 5.56 Å². The number of halogens is 1. The first-order chi connectivity index (χ1) is 8.66. The van der Waals surface area contributed by atoms with Crippen LogP contribution < -0.4 is 0 Å². The van der Waals surface area contributed by atoms with E-state index in [0.29, 0.717) is 5.15 Å². The van der Waals surface area contributed by atoms with Crippen LogP contribution in [0.25, 0.3) is 11.4 Å². The highest BCUT2D eigenvalue weighted by Crippen LogP contribution is 2.34. The minimum absolute atomic E-state index is 0.510. The van der Waals surface area contributed by atoms with Gasteiger partial charge in [0.25, 0.3) is 0 Å². The van der Waals surface area contributed by atoms with Crippen molar-refractivity contribution in [2.24, 2.45) is 0 Å². The number of imidazole rings is 1. The minimum atomic E-state index is -0.510. The summed E-state index contributed by atoms with van der Waals surface area (Å²) in [7, 11) is 0. The molecule has 1 unspecified atom stereocenters.